The minimum Gasteiger partial charge on any atom is -0.486 e. The van der Waals surface area contributed by atoms with Gasteiger partial charge < -0.3 is 20.5 Å². The van der Waals surface area contributed by atoms with Crippen molar-refractivity contribution in [3.05, 3.63) is 22.7 Å². The summed E-state index contributed by atoms with van der Waals surface area (Å²) < 4.78 is 11.0. The molecule has 23 heavy (non-hydrogen) atoms. The molecular weight excluding hydrogens is 339 g/mol. The van der Waals surface area contributed by atoms with Crippen LogP contribution in [0.2, 0.25) is 5.02 Å². The average molecular weight is 363 g/mol. The largest absolute Gasteiger partial charge is 0.486 e. The predicted octanol–water partition coefficient (Wildman–Crippen LogP) is 2.57. The van der Waals surface area contributed by atoms with Gasteiger partial charge in [0, 0.05) is 12.6 Å². The Labute approximate surface area is 148 Å². The van der Waals surface area contributed by atoms with Crippen LogP contribution in [-0.2, 0) is 11.2 Å². The standard InChI is InChI=1S/C16H23ClN2O3.ClH/c1-10(2)5-12(9-18)19-15(20)8-11-6-13(17)16-14(7-11)21-3-4-22-16;/h6-7,10,12H,3-5,8-9,18H2,1-2H3,(H,19,20);1H. The molecule has 1 aliphatic heterocycles. The fourth-order valence-corrected chi connectivity index (χ4v) is 2.80. The fourth-order valence-electron chi connectivity index (χ4n) is 2.51. The van der Waals surface area contributed by atoms with E-state index < -0.39 is 0 Å². The van der Waals surface area contributed by atoms with E-state index in [1.54, 1.807) is 12.1 Å². The summed E-state index contributed by atoms with van der Waals surface area (Å²) in [5, 5.41) is 3.44. The quantitative estimate of drug-likeness (QED) is 0.815. The lowest BCUT2D eigenvalue weighted by Gasteiger charge is -2.21. The van der Waals surface area contributed by atoms with E-state index in [1.807, 2.05) is 0 Å². The van der Waals surface area contributed by atoms with Crippen molar-refractivity contribution in [1.82, 2.24) is 5.32 Å². The van der Waals surface area contributed by atoms with Gasteiger partial charge in [-0.3, -0.25) is 4.79 Å². The highest BCUT2D eigenvalue weighted by atomic mass is 35.5. The Morgan fingerprint density at radius 2 is 2.04 bits per heavy atom. The molecule has 0 fully saturated rings. The van der Waals surface area contributed by atoms with Gasteiger partial charge in [0.25, 0.3) is 0 Å². The van der Waals surface area contributed by atoms with Gasteiger partial charge in [-0.15, -0.1) is 12.4 Å². The molecule has 0 aliphatic carbocycles. The molecule has 0 aromatic heterocycles. The summed E-state index contributed by atoms with van der Waals surface area (Å²) >= 11 is 6.18. The lowest BCUT2D eigenvalue weighted by molar-refractivity contribution is -0.121. The molecule has 1 atom stereocenters. The summed E-state index contributed by atoms with van der Waals surface area (Å²) in [7, 11) is 0. The van der Waals surface area contributed by atoms with Crippen LogP contribution in [0.3, 0.4) is 0 Å². The number of hydrogen-bond donors (Lipinski definition) is 2. The van der Waals surface area contributed by atoms with E-state index in [0.29, 0.717) is 42.2 Å². The van der Waals surface area contributed by atoms with E-state index in [9.17, 15) is 4.79 Å². The first-order valence-electron chi connectivity index (χ1n) is 7.57. The summed E-state index contributed by atoms with van der Waals surface area (Å²) in [4.78, 5) is 12.2. The second-order valence-corrected chi connectivity index (χ2v) is 6.32. The van der Waals surface area contributed by atoms with Crippen LogP contribution >= 0.6 is 24.0 Å². The highest BCUT2D eigenvalue weighted by Gasteiger charge is 2.18. The van der Waals surface area contributed by atoms with Gasteiger partial charge in [0.15, 0.2) is 11.5 Å². The van der Waals surface area contributed by atoms with Crippen LogP contribution in [0.5, 0.6) is 11.5 Å². The third-order valence-corrected chi connectivity index (χ3v) is 3.71. The first-order chi connectivity index (χ1) is 10.5. The first kappa shape index (κ1) is 19.9. The van der Waals surface area contributed by atoms with E-state index in [4.69, 9.17) is 26.8 Å². The SMILES string of the molecule is CC(C)CC(CN)NC(=O)Cc1cc(Cl)c2c(c1)OCCO2.Cl. The number of carbonyl (C=O) groups is 1. The van der Waals surface area contributed by atoms with Crippen LogP contribution in [-0.4, -0.2) is 31.7 Å². The Kier molecular flexibility index (Phi) is 7.95. The molecule has 0 radical (unpaired) electrons. The van der Waals surface area contributed by atoms with Gasteiger partial charge in [-0.25, -0.2) is 0 Å². The molecule has 0 spiro atoms. The molecule has 1 unspecified atom stereocenters. The Morgan fingerprint density at radius 3 is 2.70 bits per heavy atom. The van der Waals surface area contributed by atoms with Crippen molar-refractivity contribution in [2.75, 3.05) is 19.8 Å². The highest BCUT2D eigenvalue weighted by molar-refractivity contribution is 6.32. The molecular formula is C16H24Cl2N2O3. The molecule has 1 aromatic carbocycles. The second kappa shape index (κ2) is 9.21. The summed E-state index contributed by atoms with van der Waals surface area (Å²) in [5.41, 5.74) is 6.50. The smallest absolute Gasteiger partial charge is 0.224 e. The number of ether oxygens (including phenoxy) is 2. The highest BCUT2D eigenvalue weighted by Crippen LogP contribution is 2.38. The summed E-state index contributed by atoms with van der Waals surface area (Å²) in [6.07, 6.45) is 1.11. The van der Waals surface area contributed by atoms with Gasteiger partial charge >= 0.3 is 0 Å². The van der Waals surface area contributed by atoms with Crippen molar-refractivity contribution < 1.29 is 14.3 Å². The van der Waals surface area contributed by atoms with Crippen LogP contribution in [0.1, 0.15) is 25.8 Å². The molecule has 3 N–H and O–H groups in total. The zero-order valence-corrected chi connectivity index (χ0v) is 15.0. The summed E-state index contributed by atoms with van der Waals surface area (Å²) in [6.45, 7) is 5.62. The maximum Gasteiger partial charge on any atom is 0.224 e. The zero-order chi connectivity index (χ0) is 16.1. The summed E-state index contributed by atoms with van der Waals surface area (Å²) in [6, 6.07) is 3.55. The van der Waals surface area contributed by atoms with Gasteiger partial charge in [-0.2, -0.15) is 0 Å². The molecule has 130 valence electrons. The van der Waals surface area contributed by atoms with Crippen LogP contribution < -0.4 is 20.5 Å². The molecule has 5 nitrogen and oxygen atoms in total. The van der Waals surface area contributed by atoms with E-state index in [-0.39, 0.29) is 30.8 Å². The minimum absolute atomic E-state index is 0. The maximum absolute atomic E-state index is 12.2. The molecule has 1 aromatic rings. The number of benzene rings is 1. The molecule has 7 heteroatoms. The first-order valence-corrected chi connectivity index (χ1v) is 7.94. The minimum atomic E-state index is -0.0659. The van der Waals surface area contributed by atoms with E-state index in [0.717, 1.165) is 12.0 Å². The topological polar surface area (TPSA) is 73.6 Å². The Morgan fingerprint density at radius 1 is 1.35 bits per heavy atom. The Balaban J connectivity index is 0.00000264. The zero-order valence-electron chi connectivity index (χ0n) is 13.4. The molecule has 1 amide bonds. The molecule has 1 aliphatic rings. The number of hydrogen-bond acceptors (Lipinski definition) is 4. The lowest BCUT2D eigenvalue weighted by atomic mass is 10.0. The number of amides is 1. The number of nitrogens with two attached hydrogens (primary N) is 1. The van der Waals surface area contributed by atoms with Crippen LogP contribution in [0, 0.1) is 5.92 Å². The van der Waals surface area contributed by atoms with Crippen LogP contribution in [0.15, 0.2) is 12.1 Å². The number of halogens is 2. The Hall–Kier alpha value is -1.17. The van der Waals surface area contributed by atoms with E-state index in [2.05, 4.69) is 19.2 Å². The average Bonchev–Trinajstić information content (AvgIpc) is 2.46. The van der Waals surface area contributed by atoms with Crippen molar-refractivity contribution in [3.8, 4) is 11.5 Å². The normalized spacial score (nSPS) is 14.1. The number of carbonyl (C=O) groups excluding carboxylic acids is 1. The van der Waals surface area contributed by atoms with Gasteiger partial charge in [0.05, 0.1) is 11.4 Å². The fraction of sp³-hybridized carbons (Fsp3) is 0.562. The van der Waals surface area contributed by atoms with Crippen molar-refractivity contribution in [3.63, 3.8) is 0 Å². The molecule has 0 saturated heterocycles. The van der Waals surface area contributed by atoms with Gasteiger partial charge in [-0.1, -0.05) is 25.4 Å². The molecule has 0 bridgehead atoms. The Bertz CT molecular complexity index is 538. The van der Waals surface area contributed by atoms with Crippen molar-refractivity contribution in [2.45, 2.75) is 32.7 Å². The van der Waals surface area contributed by atoms with E-state index >= 15 is 0 Å². The van der Waals surface area contributed by atoms with Crippen molar-refractivity contribution in [2.24, 2.45) is 11.7 Å². The maximum atomic E-state index is 12.2. The van der Waals surface area contributed by atoms with Crippen LogP contribution in [0.25, 0.3) is 0 Å². The predicted molar refractivity (Wildman–Crippen MR) is 93.8 cm³/mol. The van der Waals surface area contributed by atoms with Gasteiger partial charge in [-0.05, 0) is 30.0 Å². The third-order valence-electron chi connectivity index (χ3n) is 3.43. The second-order valence-electron chi connectivity index (χ2n) is 5.91. The number of nitrogens with one attached hydrogen (secondary N) is 1. The molecule has 1 heterocycles. The van der Waals surface area contributed by atoms with Crippen molar-refractivity contribution in [1.29, 1.82) is 0 Å². The van der Waals surface area contributed by atoms with Crippen LogP contribution in [0.4, 0.5) is 0 Å². The monoisotopic (exact) mass is 362 g/mol. The van der Waals surface area contributed by atoms with Gasteiger partial charge in [0.2, 0.25) is 5.91 Å². The van der Waals surface area contributed by atoms with Gasteiger partial charge in [0.1, 0.15) is 13.2 Å². The van der Waals surface area contributed by atoms with Crippen molar-refractivity contribution >= 4 is 29.9 Å². The number of rotatable bonds is 6. The lowest BCUT2D eigenvalue weighted by Crippen LogP contribution is -2.41. The molecule has 2 rings (SSSR count). The molecule has 0 saturated carbocycles. The van der Waals surface area contributed by atoms with E-state index in [1.165, 1.54) is 0 Å². The third kappa shape index (κ3) is 5.75. The summed E-state index contributed by atoms with van der Waals surface area (Å²) in [5.74, 6) is 1.57. The number of fused-ring (bicyclic) bond motifs is 1.